The number of aromatic nitrogens is 1. The topological polar surface area (TPSA) is 84.6 Å². The van der Waals surface area contributed by atoms with Gasteiger partial charge in [0.1, 0.15) is 5.82 Å². The van der Waals surface area contributed by atoms with Crippen LogP contribution in [-0.4, -0.2) is 29.2 Å². The number of rotatable bonds is 7. The maximum atomic E-state index is 13.0. The van der Waals surface area contributed by atoms with Gasteiger partial charge in [0.05, 0.1) is 18.4 Å². The second-order valence-corrected chi connectivity index (χ2v) is 5.40. The quantitative estimate of drug-likeness (QED) is 0.632. The number of aliphatic hydroxyl groups excluding tert-OH is 1. The molecule has 2 aromatic carbocycles. The van der Waals surface area contributed by atoms with Gasteiger partial charge in [0.15, 0.2) is 12.4 Å². The molecule has 0 radical (unpaired) electrons. The molecule has 0 fully saturated rings. The molecule has 0 saturated carbocycles. The highest BCUT2D eigenvalue weighted by Gasteiger charge is 2.14. The van der Waals surface area contributed by atoms with Gasteiger partial charge >= 0.3 is 5.97 Å². The molecule has 26 heavy (non-hydrogen) atoms. The summed E-state index contributed by atoms with van der Waals surface area (Å²) in [4.78, 5) is 16.3. The maximum absolute atomic E-state index is 13.0. The first-order chi connectivity index (χ1) is 12.7. The molecule has 2 N–H and O–H groups in total. The maximum Gasteiger partial charge on any atom is 0.340 e. The highest BCUT2D eigenvalue weighted by molar-refractivity contribution is 5.95. The van der Waals surface area contributed by atoms with Gasteiger partial charge in [-0.15, -0.1) is 0 Å². The van der Waals surface area contributed by atoms with Crippen molar-refractivity contribution >= 4 is 11.7 Å². The van der Waals surface area contributed by atoms with Crippen molar-refractivity contribution in [2.24, 2.45) is 0 Å². The van der Waals surface area contributed by atoms with E-state index in [0.29, 0.717) is 29.1 Å². The molecule has 134 valence electrons. The summed E-state index contributed by atoms with van der Waals surface area (Å²) in [6, 6.07) is 12.7. The van der Waals surface area contributed by atoms with Gasteiger partial charge in [-0.1, -0.05) is 12.1 Å². The van der Waals surface area contributed by atoms with E-state index in [4.69, 9.17) is 14.3 Å². The average molecular weight is 356 g/mol. The fraction of sp³-hybridized carbons (Fsp3) is 0.158. The molecule has 3 rings (SSSR count). The lowest BCUT2D eigenvalue weighted by Gasteiger charge is -2.10. The van der Waals surface area contributed by atoms with Crippen LogP contribution in [0.2, 0.25) is 0 Å². The highest BCUT2D eigenvalue weighted by atomic mass is 19.1. The number of carbonyl (C=O) groups is 1. The van der Waals surface area contributed by atoms with Crippen molar-refractivity contribution in [3.05, 3.63) is 72.0 Å². The number of esters is 1. The molecule has 0 aliphatic carbocycles. The van der Waals surface area contributed by atoms with E-state index in [1.807, 2.05) is 0 Å². The van der Waals surface area contributed by atoms with Crippen molar-refractivity contribution in [2.75, 3.05) is 18.5 Å². The minimum absolute atomic E-state index is 0.0497. The zero-order valence-electron chi connectivity index (χ0n) is 13.8. The lowest BCUT2D eigenvalue weighted by molar-refractivity contribution is 0.0440. The minimum atomic E-state index is -0.535. The summed E-state index contributed by atoms with van der Waals surface area (Å²) in [7, 11) is 0. The van der Waals surface area contributed by atoms with E-state index in [9.17, 15) is 9.18 Å². The first kappa shape index (κ1) is 17.6. The summed E-state index contributed by atoms with van der Waals surface area (Å²) in [6.45, 7) is 0.144. The van der Waals surface area contributed by atoms with Crippen LogP contribution in [0, 0.1) is 5.82 Å². The van der Waals surface area contributed by atoms with Gasteiger partial charge in [0.2, 0.25) is 5.89 Å². The van der Waals surface area contributed by atoms with Crippen molar-refractivity contribution in [1.82, 2.24) is 4.98 Å². The third kappa shape index (κ3) is 4.25. The van der Waals surface area contributed by atoms with Crippen LogP contribution < -0.4 is 5.32 Å². The van der Waals surface area contributed by atoms with Crippen LogP contribution in [-0.2, 0) is 11.3 Å². The van der Waals surface area contributed by atoms with Gasteiger partial charge in [-0.3, -0.25) is 0 Å². The lowest BCUT2D eigenvalue weighted by atomic mass is 10.2. The Morgan fingerprint density at radius 1 is 1.19 bits per heavy atom. The number of hydrogen-bond acceptors (Lipinski definition) is 6. The second kappa shape index (κ2) is 8.26. The number of hydrogen-bond donors (Lipinski definition) is 2. The first-order valence-corrected chi connectivity index (χ1v) is 7.99. The number of aliphatic hydroxyl groups is 1. The molecular weight excluding hydrogens is 339 g/mol. The Hall–Kier alpha value is -3.19. The van der Waals surface area contributed by atoms with Crippen molar-refractivity contribution in [3.8, 4) is 11.3 Å². The van der Waals surface area contributed by atoms with Gasteiger partial charge in [0, 0.05) is 17.8 Å². The van der Waals surface area contributed by atoms with E-state index in [1.165, 1.54) is 18.3 Å². The summed E-state index contributed by atoms with van der Waals surface area (Å²) in [5.74, 6) is -0.178. The number of nitrogens with zero attached hydrogens (tertiary/aromatic N) is 1. The third-order valence-corrected chi connectivity index (χ3v) is 3.58. The number of carbonyl (C=O) groups excluding carboxylic acids is 1. The predicted octanol–water partition coefficient (Wildman–Crippen LogP) is 3.24. The second-order valence-electron chi connectivity index (χ2n) is 5.40. The van der Waals surface area contributed by atoms with E-state index in [1.54, 1.807) is 36.4 Å². The molecule has 0 aliphatic heterocycles. The van der Waals surface area contributed by atoms with Crippen molar-refractivity contribution in [3.63, 3.8) is 0 Å². The minimum Gasteiger partial charge on any atom is -0.452 e. The number of benzene rings is 2. The fourth-order valence-corrected chi connectivity index (χ4v) is 2.34. The van der Waals surface area contributed by atoms with E-state index in [2.05, 4.69) is 10.3 Å². The van der Waals surface area contributed by atoms with E-state index < -0.39 is 5.97 Å². The number of nitrogens with one attached hydrogen (secondary N) is 1. The fourth-order valence-electron chi connectivity index (χ4n) is 2.34. The number of para-hydroxylation sites is 1. The zero-order chi connectivity index (χ0) is 18.4. The zero-order valence-corrected chi connectivity index (χ0v) is 13.8. The molecule has 0 unspecified atom stereocenters. The van der Waals surface area contributed by atoms with E-state index >= 15 is 0 Å². The number of halogens is 1. The Morgan fingerprint density at radius 3 is 2.73 bits per heavy atom. The van der Waals surface area contributed by atoms with Crippen molar-refractivity contribution in [2.45, 2.75) is 6.61 Å². The summed E-state index contributed by atoms with van der Waals surface area (Å²) in [5.41, 5.74) is 1.60. The molecule has 0 amide bonds. The molecule has 0 saturated heterocycles. The number of ether oxygens (including phenoxy) is 1. The van der Waals surface area contributed by atoms with Crippen LogP contribution in [0.5, 0.6) is 0 Å². The van der Waals surface area contributed by atoms with Crippen LogP contribution in [0.1, 0.15) is 16.2 Å². The van der Waals surface area contributed by atoms with Crippen LogP contribution in [0.4, 0.5) is 10.1 Å². The molecule has 1 heterocycles. The highest BCUT2D eigenvalue weighted by Crippen LogP contribution is 2.21. The Morgan fingerprint density at radius 2 is 1.96 bits per heavy atom. The summed E-state index contributed by atoms with van der Waals surface area (Å²) < 4.78 is 23.7. The molecule has 6 nitrogen and oxygen atoms in total. The lowest BCUT2D eigenvalue weighted by Crippen LogP contribution is -2.12. The summed E-state index contributed by atoms with van der Waals surface area (Å²) >= 11 is 0. The standard InChI is InChI=1S/C19H17FN2O4/c20-14-7-5-13(6-8-14)17-11-22-18(26-17)12-25-19(24)15-3-1-2-4-16(15)21-9-10-23/h1-8,11,21,23H,9-10,12H2. The average Bonchev–Trinajstić information content (AvgIpc) is 3.14. The summed E-state index contributed by atoms with van der Waals surface area (Å²) in [6.07, 6.45) is 1.49. The Kier molecular flexibility index (Phi) is 5.60. The van der Waals surface area contributed by atoms with Crippen LogP contribution in [0.15, 0.2) is 59.1 Å². The molecule has 1 aromatic heterocycles. The predicted molar refractivity (Wildman–Crippen MR) is 93.0 cm³/mol. The largest absolute Gasteiger partial charge is 0.452 e. The third-order valence-electron chi connectivity index (χ3n) is 3.58. The Bertz CT molecular complexity index is 877. The summed E-state index contributed by atoms with van der Waals surface area (Å²) in [5, 5.41) is 11.9. The SMILES string of the molecule is O=C(OCc1ncc(-c2ccc(F)cc2)o1)c1ccccc1NCCO. The van der Waals surface area contributed by atoms with Crippen LogP contribution >= 0.6 is 0 Å². The van der Waals surface area contributed by atoms with E-state index in [-0.39, 0.29) is 24.9 Å². The van der Waals surface area contributed by atoms with Gasteiger partial charge in [-0.25, -0.2) is 14.2 Å². The molecular formula is C19H17FN2O4. The van der Waals surface area contributed by atoms with Gasteiger partial charge in [0.25, 0.3) is 0 Å². The molecule has 0 spiro atoms. The molecule has 7 heteroatoms. The number of anilines is 1. The Balaban J connectivity index is 1.64. The van der Waals surface area contributed by atoms with Gasteiger partial charge in [-0.2, -0.15) is 0 Å². The Labute approximate surface area is 149 Å². The van der Waals surface area contributed by atoms with Crippen molar-refractivity contribution in [1.29, 1.82) is 0 Å². The first-order valence-electron chi connectivity index (χ1n) is 7.99. The smallest absolute Gasteiger partial charge is 0.340 e. The molecule has 3 aromatic rings. The van der Waals surface area contributed by atoms with Crippen LogP contribution in [0.25, 0.3) is 11.3 Å². The number of oxazole rings is 1. The van der Waals surface area contributed by atoms with Gasteiger partial charge in [-0.05, 0) is 36.4 Å². The van der Waals surface area contributed by atoms with Crippen molar-refractivity contribution < 1.29 is 23.4 Å². The van der Waals surface area contributed by atoms with Gasteiger partial charge < -0.3 is 19.6 Å². The monoisotopic (exact) mass is 356 g/mol. The van der Waals surface area contributed by atoms with Crippen LogP contribution in [0.3, 0.4) is 0 Å². The molecule has 0 atom stereocenters. The molecule has 0 bridgehead atoms. The van der Waals surface area contributed by atoms with E-state index in [0.717, 1.165) is 0 Å². The normalized spacial score (nSPS) is 10.5. The molecule has 0 aliphatic rings.